The molecule has 3 unspecified atom stereocenters. The summed E-state index contributed by atoms with van der Waals surface area (Å²) >= 11 is 0. The Balaban J connectivity index is 1.70. The molecule has 140 valence electrons. The predicted octanol–water partition coefficient (Wildman–Crippen LogP) is 3.53. The standard InChI is InChI=1S/C22H24N2O3/c1-12-7-9-15-18(11-12)27-17-6-4-5-13(2)19(17)20(15)24-22(26)16-10-8-14(3)23-21(16)25/h4-7,9,11,14,16,20H,8,10H2,1-3H3,(H,23,25)(H,24,26). The number of hydrogen-bond donors (Lipinski definition) is 2. The van der Waals surface area contributed by atoms with Crippen LogP contribution in [0, 0.1) is 19.8 Å². The van der Waals surface area contributed by atoms with Crippen LogP contribution in [0.4, 0.5) is 0 Å². The van der Waals surface area contributed by atoms with Gasteiger partial charge in [-0.25, -0.2) is 0 Å². The number of rotatable bonds is 2. The first kappa shape index (κ1) is 17.6. The minimum Gasteiger partial charge on any atom is -0.457 e. The molecule has 5 nitrogen and oxygen atoms in total. The molecule has 3 atom stereocenters. The van der Waals surface area contributed by atoms with Gasteiger partial charge in [0.1, 0.15) is 17.4 Å². The molecule has 0 saturated carbocycles. The van der Waals surface area contributed by atoms with Crippen molar-refractivity contribution in [1.82, 2.24) is 10.6 Å². The van der Waals surface area contributed by atoms with E-state index in [0.29, 0.717) is 6.42 Å². The molecule has 4 rings (SSSR count). The van der Waals surface area contributed by atoms with Gasteiger partial charge in [-0.1, -0.05) is 24.3 Å². The zero-order valence-electron chi connectivity index (χ0n) is 15.8. The number of benzene rings is 2. The van der Waals surface area contributed by atoms with Crippen molar-refractivity contribution in [3.63, 3.8) is 0 Å². The number of amides is 2. The van der Waals surface area contributed by atoms with Gasteiger partial charge in [0.05, 0.1) is 6.04 Å². The van der Waals surface area contributed by atoms with Gasteiger partial charge in [0.15, 0.2) is 0 Å². The lowest BCUT2D eigenvalue weighted by Crippen LogP contribution is -2.49. The van der Waals surface area contributed by atoms with Crippen LogP contribution in [0.3, 0.4) is 0 Å². The maximum absolute atomic E-state index is 13.0. The number of carbonyl (C=O) groups excluding carboxylic acids is 2. The molecular weight excluding hydrogens is 340 g/mol. The van der Waals surface area contributed by atoms with Gasteiger partial charge in [-0.3, -0.25) is 9.59 Å². The number of ether oxygens (including phenoxy) is 1. The average molecular weight is 364 g/mol. The van der Waals surface area contributed by atoms with E-state index in [2.05, 4.69) is 10.6 Å². The van der Waals surface area contributed by atoms with E-state index in [9.17, 15) is 9.59 Å². The first-order valence-electron chi connectivity index (χ1n) is 9.42. The van der Waals surface area contributed by atoms with E-state index < -0.39 is 5.92 Å². The maximum Gasteiger partial charge on any atom is 0.233 e. The summed E-state index contributed by atoms with van der Waals surface area (Å²) in [5.74, 6) is 0.435. The largest absolute Gasteiger partial charge is 0.457 e. The Hall–Kier alpha value is -2.82. The molecule has 1 saturated heterocycles. The van der Waals surface area contributed by atoms with Crippen LogP contribution in [0.2, 0.25) is 0 Å². The van der Waals surface area contributed by atoms with Gasteiger partial charge in [-0.05, 0) is 56.9 Å². The number of hydrogen-bond acceptors (Lipinski definition) is 3. The molecule has 27 heavy (non-hydrogen) atoms. The van der Waals surface area contributed by atoms with Crippen molar-refractivity contribution in [2.24, 2.45) is 5.92 Å². The number of fused-ring (bicyclic) bond motifs is 2. The van der Waals surface area contributed by atoms with Gasteiger partial charge < -0.3 is 15.4 Å². The SMILES string of the molecule is Cc1ccc2c(c1)Oc1cccc(C)c1C2NC(=O)C1CCC(C)NC1=O. The lowest BCUT2D eigenvalue weighted by Gasteiger charge is -2.32. The summed E-state index contributed by atoms with van der Waals surface area (Å²) in [7, 11) is 0. The van der Waals surface area contributed by atoms with Gasteiger partial charge in [0.25, 0.3) is 0 Å². The van der Waals surface area contributed by atoms with Crippen molar-refractivity contribution in [2.45, 2.75) is 45.7 Å². The molecule has 2 aromatic rings. The summed E-state index contributed by atoms with van der Waals surface area (Å²) in [6.07, 6.45) is 1.38. The first-order chi connectivity index (χ1) is 12.9. The Bertz CT molecular complexity index is 922. The summed E-state index contributed by atoms with van der Waals surface area (Å²) in [6, 6.07) is 11.7. The number of nitrogens with one attached hydrogen (secondary N) is 2. The molecule has 0 aliphatic carbocycles. The fraction of sp³-hybridized carbons (Fsp3) is 0.364. The van der Waals surface area contributed by atoms with Crippen molar-refractivity contribution in [1.29, 1.82) is 0 Å². The second-order valence-corrected chi connectivity index (χ2v) is 7.61. The van der Waals surface area contributed by atoms with Crippen LogP contribution in [0.1, 0.15) is 48.1 Å². The molecule has 5 heteroatoms. The van der Waals surface area contributed by atoms with Crippen molar-refractivity contribution in [3.05, 3.63) is 58.7 Å². The summed E-state index contributed by atoms with van der Waals surface area (Å²) < 4.78 is 6.10. The van der Waals surface area contributed by atoms with E-state index in [4.69, 9.17) is 4.74 Å². The van der Waals surface area contributed by atoms with E-state index in [1.807, 2.05) is 57.2 Å². The third-order valence-electron chi connectivity index (χ3n) is 5.47. The monoisotopic (exact) mass is 364 g/mol. The van der Waals surface area contributed by atoms with Gasteiger partial charge >= 0.3 is 0 Å². The van der Waals surface area contributed by atoms with Crippen LogP contribution in [-0.4, -0.2) is 17.9 Å². The normalized spacial score (nSPS) is 23.5. The summed E-state index contributed by atoms with van der Waals surface area (Å²) in [6.45, 7) is 5.98. The van der Waals surface area contributed by atoms with Crippen LogP contribution in [0.15, 0.2) is 36.4 Å². The minimum absolute atomic E-state index is 0.122. The van der Waals surface area contributed by atoms with Crippen LogP contribution in [-0.2, 0) is 9.59 Å². The maximum atomic E-state index is 13.0. The van der Waals surface area contributed by atoms with Crippen molar-refractivity contribution < 1.29 is 14.3 Å². The summed E-state index contributed by atoms with van der Waals surface area (Å²) in [4.78, 5) is 25.3. The molecule has 2 aliphatic rings. The van der Waals surface area contributed by atoms with E-state index in [1.165, 1.54) is 0 Å². The first-order valence-corrected chi connectivity index (χ1v) is 9.42. The molecule has 1 fully saturated rings. The van der Waals surface area contributed by atoms with E-state index >= 15 is 0 Å². The Morgan fingerprint density at radius 3 is 2.74 bits per heavy atom. The Labute approximate surface area is 159 Å². The topological polar surface area (TPSA) is 67.4 Å². The third kappa shape index (κ3) is 3.18. The number of carbonyl (C=O) groups is 2. The van der Waals surface area contributed by atoms with Crippen LogP contribution in [0.25, 0.3) is 0 Å². The molecule has 2 aliphatic heterocycles. The lowest BCUT2D eigenvalue weighted by molar-refractivity contribution is -0.137. The van der Waals surface area contributed by atoms with E-state index in [1.54, 1.807) is 0 Å². The smallest absolute Gasteiger partial charge is 0.233 e. The zero-order chi connectivity index (χ0) is 19.1. The third-order valence-corrected chi connectivity index (χ3v) is 5.47. The molecule has 2 N–H and O–H groups in total. The van der Waals surface area contributed by atoms with Gasteiger partial charge in [-0.2, -0.15) is 0 Å². The van der Waals surface area contributed by atoms with Gasteiger partial charge in [0, 0.05) is 17.2 Å². The zero-order valence-corrected chi connectivity index (χ0v) is 15.8. The molecule has 0 spiro atoms. The number of aryl methyl sites for hydroxylation is 2. The fourth-order valence-corrected chi connectivity index (χ4v) is 3.96. The lowest BCUT2D eigenvalue weighted by atomic mass is 9.89. The highest BCUT2D eigenvalue weighted by Gasteiger charge is 2.36. The van der Waals surface area contributed by atoms with Gasteiger partial charge in [0.2, 0.25) is 11.8 Å². The van der Waals surface area contributed by atoms with E-state index in [-0.39, 0.29) is 23.9 Å². The molecule has 2 amide bonds. The highest BCUT2D eigenvalue weighted by Crippen LogP contribution is 2.44. The van der Waals surface area contributed by atoms with Crippen LogP contribution in [0.5, 0.6) is 11.5 Å². The minimum atomic E-state index is -0.648. The quantitative estimate of drug-likeness (QED) is 0.801. The summed E-state index contributed by atoms with van der Waals surface area (Å²) in [5, 5.41) is 6.01. The van der Waals surface area contributed by atoms with Crippen molar-refractivity contribution in [3.8, 4) is 11.5 Å². The molecule has 0 radical (unpaired) electrons. The highest BCUT2D eigenvalue weighted by molar-refractivity contribution is 6.01. The fourth-order valence-electron chi connectivity index (χ4n) is 3.96. The highest BCUT2D eigenvalue weighted by atomic mass is 16.5. The predicted molar refractivity (Wildman–Crippen MR) is 103 cm³/mol. The van der Waals surface area contributed by atoms with E-state index in [0.717, 1.165) is 40.2 Å². The number of piperidine rings is 1. The Kier molecular flexibility index (Phi) is 4.38. The van der Waals surface area contributed by atoms with Crippen molar-refractivity contribution >= 4 is 11.8 Å². The molecule has 2 heterocycles. The van der Waals surface area contributed by atoms with Gasteiger partial charge in [-0.15, -0.1) is 0 Å². The van der Waals surface area contributed by atoms with Crippen molar-refractivity contribution in [2.75, 3.05) is 0 Å². The second-order valence-electron chi connectivity index (χ2n) is 7.61. The average Bonchev–Trinajstić information content (AvgIpc) is 2.61. The molecular formula is C22H24N2O3. The van der Waals surface area contributed by atoms with Crippen LogP contribution < -0.4 is 15.4 Å². The molecule has 0 bridgehead atoms. The molecule has 0 aromatic heterocycles. The molecule has 2 aromatic carbocycles. The van der Waals surface area contributed by atoms with Crippen LogP contribution >= 0.6 is 0 Å². The Morgan fingerprint density at radius 1 is 1.15 bits per heavy atom. The second kappa shape index (κ2) is 6.72. The Morgan fingerprint density at radius 2 is 1.96 bits per heavy atom. The summed E-state index contributed by atoms with van der Waals surface area (Å²) in [5.41, 5.74) is 4.01.